The van der Waals surface area contributed by atoms with Crippen LogP contribution in [0.15, 0.2) is 23.8 Å². The van der Waals surface area contributed by atoms with E-state index in [9.17, 15) is 14.0 Å². The van der Waals surface area contributed by atoms with Crippen molar-refractivity contribution in [2.24, 2.45) is 5.92 Å². The molecule has 0 radical (unpaired) electrons. The van der Waals surface area contributed by atoms with Gasteiger partial charge >= 0.3 is 5.97 Å². The number of Topliss-reactive ketones (excluding diaryl/α,β-unsaturated/α-hetero) is 1. The minimum absolute atomic E-state index is 0.0251. The molecule has 0 amide bonds. The molecule has 1 aromatic carbocycles. The lowest BCUT2D eigenvalue weighted by molar-refractivity contribution is -0.140. The van der Waals surface area contributed by atoms with Crippen molar-refractivity contribution in [3.05, 3.63) is 40.2 Å². The second-order valence-corrected chi connectivity index (χ2v) is 4.99. The summed E-state index contributed by atoms with van der Waals surface area (Å²) < 4.78 is 17.9. The van der Waals surface area contributed by atoms with Gasteiger partial charge in [0.15, 0.2) is 5.78 Å². The summed E-state index contributed by atoms with van der Waals surface area (Å²) in [5.41, 5.74) is 0.396. The maximum absolute atomic E-state index is 13.0. The molecule has 106 valence electrons. The Morgan fingerprint density at radius 3 is 2.70 bits per heavy atom. The van der Waals surface area contributed by atoms with Crippen molar-refractivity contribution >= 4 is 29.4 Å². The normalized spacial score (nSPS) is 15.1. The van der Waals surface area contributed by atoms with Crippen LogP contribution in [0.3, 0.4) is 0 Å². The molecule has 0 unspecified atom stereocenters. The number of rotatable bonds is 5. The molecule has 0 aliphatic heterocycles. The van der Waals surface area contributed by atoms with E-state index in [1.807, 2.05) is 0 Å². The molecule has 0 atom stereocenters. The third kappa shape index (κ3) is 3.45. The lowest BCUT2D eigenvalue weighted by Gasteiger charge is -2.06. The van der Waals surface area contributed by atoms with Crippen LogP contribution in [0.25, 0.3) is 6.08 Å². The molecule has 1 aliphatic carbocycles. The number of hydrogen-bond acceptors (Lipinski definition) is 3. The van der Waals surface area contributed by atoms with Crippen LogP contribution in [-0.4, -0.2) is 18.4 Å². The van der Waals surface area contributed by atoms with E-state index in [2.05, 4.69) is 0 Å². The fourth-order valence-electron chi connectivity index (χ4n) is 1.78. The molecule has 0 heterocycles. The van der Waals surface area contributed by atoms with Crippen molar-refractivity contribution < 1.29 is 18.7 Å². The second kappa shape index (κ2) is 6.18. The van der Waals surface area contributed by atoms with Gasteiger partial charge in [-0.05, 0) is 43.5 Å². The summed E-state index contributed by atoms with van der Waals surface area (Å²) in [5, 5.41) is 0.149. The van der Waals surface area contributed by atoms with Gasteiger partial charge in [-0.15, -0.1) is 0 Å². The molecule has 3 nitrogen and oxygen atoms in total. The van der Waals surface area contributed by atoms with Crippen LogP contribution in [0, 0.1) is 11.7 Å². The summed E-state index contributed by atoms with van der Waals surface area (Å²) in [6.07, 6.45) is 2.94. The Morgan fingerprint density at radius 1 is 1.45 bits per heavy atom. The molecule has 1 saturated carbocycles. The van der Waals surface area contributed by atoms with Gasteiger partial charge in [0.05, 0.1) is 11.6 Å². The molecule has 1 fully saturated rings. The minimum Gasteiger partial charge on any atom is -0.462 e. The molecule has 5 heteroatoms. The zero-order chi connectivity index (χ0) is 14.7. The standard InChI is InChI=1S/C15H14ClFO3/c1-2-20-15(19)12(14(18)9-3-4-9)7-10-5-6-11(17)8-13(10)16/h5-9H,2-4H2,1H3/b12-7+. The zero-order valence-corrected chi connectivity index (χ0v) is 11.7. The zero-order valence-electron chi connectivity index (χ0n) is 11.0. The Morgan fingerprint density at radius 2 is 2.15 bits per heavy atom. The van der Waals surface area contributed by atoms with Gasteiger partial charge in [-0.25, -0.2) is 9.18 Å². The quantitative estimate of drug-likeness (QED) is 0.362. The molecule has 0 aromatic heterocycles. The first-order valence-electron chi connectivity index (χ1n) is 6.41. The monoisotopic (exact) mass is 296 g/mol. The summed E-state index contributed by atoms with van der Waals surface area (Å²) in [4.78, 5) is 24.0. The smallest absolute Gasteiger partial charge is 0.341 e. The van der Waals surface area contributed by atoms with Gasteiger partial charge < -0.3 is 4.74 Å². The molecule has 0 saturated heterocycles. The maximum Gasteiger partial charge on any atom is 0.341 e. The third-order valence-electron chi connectivity index (χ3n) is 2.97. The molecule has 0 spiro atoms. The number of carbonyl (C=O) groups excluding carboxylic acids is 2. The number of esters is 1. The molecule has 1 aromatic rings. The lowest BCUT2D eigenvalue weighted by Crippen LogP contribution is -2.17. The number of carbonyl (C=O) groups is 2. The molecular weight excluding hydrogens is 283 g/mol. The first-order chi connectivity index (χ1) is 9.52. The summed E-state index contributed by atoms with van der Waals surface area (Å²) in [7, 11) is 0. The highest BCUT2D eigenvalue weighted by atomic mass is 35.5. The molecular formula is C15H14ClFO3. The number of benzene rings is 1. The van der Waals surface area contributed by atoms with E-state index < -0.39 is 11.8 Å². The summed E-state index contributed by atoms with van der Waals surface area (Å²) in [6, 6.07) is 3.79. The first kappa shape index (κ1) is 14.7. The number of ether oxygens (including phenoxy) is 1. The van der Waals surface area contributed by atoms with Crippen molar-refractivity contribution in [1.82, 2.24) is 0 Å². The van der Waals surface area contributed by atoms with Crippen molar-refractivity contribution in [1.29, 1.82) is 0 Å². The predicted molar refractivity (Wildman–Crippen MR) is 73.8 cm³/mol. The van der Waals surface area contributed by atoms with Crippen molar-refractivity contribution in [2.75, 3.05) is 6.61 Å². The fourth-order valence-corrected chi connectivity index (χ4v) is 2.00. The second-order valence-electron chi connectivity index (χ2n) is 4.58. The highest BCUT2D eigenvalue weighted by molar-refractivity contribution is 6.32. The Hall–Kier alpha value is -1.68. The number of ketones is 1. The van der Waals surface area contributed by atoms with Crippen molar-refractivity contribution in [2.45, 2.75) is 19.8 Å². The van der Waals surface area contributed by atoms with E-state index in [4.69, 9.17) is 16.3 Å². The van der Waals surface area contributed by atoms with Crippen LogP contribution in [0.2, 0.25) is 5.02 Å². The van der Waals surface area contributed by atoms with Gasteiger partial charge in [0, 0.05) is 5.92 Å². The minimum atomic E-state index is -0.662. The summed E-state index contributed by atoms with van der Waals surface area (Å²) >= 11 is 5.91. The van der Waals surface area contributed by atoms with Gasteiger partial charge in [0.2, 0.25) is 0 Å². The maximum atomic E-state index is 13.0. The summed E-state index contributed by atoms with van der Waals surface area (Å²) in [6.45, 7) is 1.85. The fraction of sp³-hybridized carbons (Fsp3) is 0.333. The van der Waals surface area contributed by atoms with Gasteiger partial charge in [-0.1, -0.05) is 17.7 Å². The van der Waals surface area contributed by atoms with Crippen molar-refractivity contribution in [3.8, 4) is 0 Å². The van der Waals surface area contributed by atoms with Gasteiger partial charge in [-0.2, -0.15) is 0 Å². The van der Waals surface area contributed by atoms with E-state index in [1.54, 1.807) is 6.92 Å². The number of hydrogen-bond donors (Lipinski definition) is 0. The Kier molecular flexibility index (Phi) is 4.55. The highest BCUT2D eigenvalue weighted by Gasteiger charge is 2.35. The molecule has 1 aliphatic rings. The van der Waals surface area contributed by atoms with Gasteiger partial charge in [0.25, 0.3) is 0 Å². The van der Waals surface area contributed by atoms with E-state index >= 15 is 0 Å². The van der Waals surface area contributed by atoms with E-state index in [0.717, 1.165) is 18.9 Å². The lowest BCUT2D eigenvalue weighted by atomic mass is 10.0. The molecule has 20 heavy (non-hydrogen) atoms. The van der Waals surface area contributed by atoms with E-state index in [0.29, 0.717) is 5.56 Å². The Balaban J connectivity index is 2.35. The van der Waals surface area contributed by atoms with Gasteiger partial charge in [0.1, 0.15) is 11.4 Å². The first-order valence-corrected chi connectivity index (χ1v) is 6.78. The Labute approximate surface area is 121 Å². The number of halogens is 2. The molecule has 0 bridgehead atoms. The average molecular weight is 297 g/mol. The third-order valence-corrected chi connectivity index (χ3v) is 3.30. The molecule has 0 N–H and O–H groups in total. The van der Waals surface area contributed by atoms with Crippen LogP contribution < -0.4 is 0 Å². The average Bonchev–Trinajstić information content (AvgIpc) is 3.21. The SMILES string of the molecule is CCOC(=O)/C(=C/c1ccc(F)cc1Cl)C(=O)C1CC1. The van der Waals surface area contributed by atoms with E-state index in [-0.39, 0.29) is 28.9 Å². The highest BCUT2D eigenvalue weighted by Crippen LogP contribution is 2.33. The van der Waals surface area contributed by atoms with Gasteiger partial charge in [-0.3, -0.25) is 4.79 Å². The predicted octanol–water partition coefficient (Wildman–Crippen LogP) is 3.40. The summed E-state index contributed by atoms with van der Waals surface area (Å²) in [5.74, 6) is -1.48. The van der Waals surface area contributed by atoms with Crippen LogP contribution in [0.1, 0.15) is 25.3 Å². The van der Waals surface area contributed by atoms with Crippen LogP contribution in [-0.2, 0) is 14.3 Å². The van der Waals surface area contributed by atoms with Crippen LogP contribution >= 0.6 is 11.6 Å². The van der Waals surface area contributed by atoms with Crippen LogP contribution in [0.4, 0.5) is 4.39 Å². The van der Waals surface area contributed by atoms with Crippen LogP contribution in [0.5, 0.6) is 0 Å². The largest absolute Gasteiger partial charge is 0.462 e. The van der Waals surface area contributed by atoms with Crippen molar-refractivity contribution in [3.63, 3.8) is 0 Å². The topological polar surface area (TPSA) is 43.4 Å². The molecule has 2 rings (SSSR count). The Bertz CT molecular complexity index is 576. The van der Waals surface area contributed by atoms with E-state index in [1.165, 1.54) is 18.2 Å².